The monoisotopic (exact) mass is 250 g/mol. The number of benzene rings is 1. The number of hydrogen-bond acceptors (Lipinski definition) is 3. The molecule has 0 aromatic heterocycles. The second-order valence-electron chi connectivity index (χ2n) is 4.82. The first-order chi connectivity index (χ1) is 8.34. The van der Waals surface area contributed by atoms with Gasteiger partial charge in [-0.2, -0.15) is 0 Å². The standard InChI is InChI=1S/C13H18N2O3/c1-9-4-6-10(7-5-9)14-11(17)12(18)15-13(2,3)8-16/h4-7,16H,8H2,1-3H3,(H,14,17)(H,15,18). The summed E-state index contributed by atoms with van der Waals surface area (Å²) in [4.78, 5) is 23.1. The first kappa shape index (κ1) is 14.2. The molecular weight excluding hydrogens is 232 g/mol. The van der Waals surface area contributed by atoms with E-state index in [-0.39, 0.29) is 6.61 Å². The molecule has 0 aliphatic rings. The minimum atomic E-state index is -0.818. The topological polar surface area (TPSA) is 78.4 Å². The fraction of sp³-hybridized carbons (Fsp3) is 0.385. The number of rotatable bonds is 3. The number of carbonyl (C=O) groups excluding carboxylic acids is 2. The zero-order valence-corrected chi connectivity index (χ0v) is 10.8. The van der Waals surface area contributed by atoms with Gasteiger partial charge in [-0.25, -0.2) is 0 Å². The van der Waals surface area contributed by atoms with E-state index in [0.717, 1.165) is 5.56 Å². The van der Waals surface area contributed by atoms with Gasteiger partial charge >= 0.3 is 11.8 Å². The molecule has 0 bridgehead atoms. The average Bonchev–Trinajstić information content (AvgIpc) is 2.31. The van der Waals surface area contributed by atoms with Gasteiger partial charge < -0.3 is 15.7 Å². The van der Waals surface area contributed by atoms with E-state index in [1.807, 2.05) is 19.1 Å². The summed E-state index contributed by atoms with van der Waals surface area (Å²) in [6, 6.07) is 7.12. The number of amides is 2. The number of aliphatic hydroxyl groups excluding tert-OH is 1. The summed E-state index contributed by atoms with van der Waals surface area (Å²) in [6.45, 7) is 4.95. The van der Waals surface area contributed by atoms with Gasteiger partial charge in [-0.15, -0.1) is 0 Å². The number of carbonyl (C=O) groups is 2. The normalized spacial score (nSPS) is 10.9. The van der Waals surface area contributed by atoms with Crippen LogP contribution >= 0.6 is 0 Å². The van der Waals surface area contributed by atoms with Crippen LogP contribution in [0.25, 0.3) is 0 Å². The second-order valence-corrected chi connectivity index (χ2v) is 4.82. The highest BCUT2D eigenvalue weighted by molar-refractivity contribution is 6.39. The molecule has 1 aromatic carbocycles. The molecule has 0 saturated heterocycles. The zero-order chi connectivity index (χ0) is 13.8. The van der Waals surface area contributed by atoms with Crippen LogP contribution in [-0.4, -0.2) is 29.1 Å². The summed E-state index contributed by atoms with van der Waals surface area (Å²) in [5.74, 6) is -1.52. The van der Waals surface area contributed by atoms with Crippen LogP contribution in [0.1, 0.15) is 19.4 Å². The van der Waals surface area contributed by atoms with Crippen molar-refractivity contribution in [1.82, 2.24) is 5.32 Å². The Labute approximate surface area is 106 Å². The third-order valence-corrected chi connectivity index (χ3v) is 2.36. The van der Waals surface area contributed by atoms with Crippen LogP contribution in [0.3, 0.4) is 0 Å². The molecule has 1 rings (SSSR count). The molecule has 5 heteroatoms. The molecule has 1 aromatic rings. The zero-order valence-electron chi connectivity index (χ0n) is 10.8. The number of hydrogen-bond donors (Lipinski definition) is 3. The molecule has 0 aliphatic heterocycles. The van der Waals surface area contributed by atoms with Crippen LogP contribution < -0.4 is 10.6 Å². The highest BCUT2D eigenvalue weighted by atomic mass is 16.3. The Balaban J connectivity index is 2.60. The highest BCUT2D eigenvalue weighted by Gasteiger charge is 2.23. The van der Waals surface area contributed by atoms with Gasteiger partial charge in [0.1, 0.15) is 0 Å². The first-order valence-corrected chi connectivity index (χ1v) is 5.65. The fourth-order valence-corrected chi connectivity index (χ4v) is 1.23. The molecule has 2 amide bonds. The quantitative estimate of drug-likeness (QED) is 0.695. The maximum Gasteiger partial charge on any atom is 0.313 e. The summed E-state index contributed by atoms with van der Waals surface area (Å²) < 4.78 is 0. The molecule has 0 fully saturated rings. The summed E-state index contributed by atoms with van der Waals surface area (Å²) in [6.07, 6.45) is 0. The predicted molar refractivity (Wildman–Crippen MR) is 69.1 cm³/mol. The lowest BCUT2D eigenvalue weighted by Crippen LogP contribution is -2.50. The van der Waals surface area contributed by atoms with E-state index in [9.17, 15) is 9.59 Å². The van der Waals surface area contributed by atoms with Crippen molar-refractivity contribution in [1.29, 1.82) is 0 Å². The first-order valence-electron chi connectivity index (χ1n) is 5.65. The Bertz CT molecular complexity index is 438. The Hall–Kier alpha value is -1.88. The molecule has 18 heavy (non-hydrogen) atoms. The third kappa shape index (κ3) is 4.18. The van der Waals surface area contributed by atoms with Crippen molar-refractivity contribution in [2.75, 3.05) is 11.9 Å². The molecule has 3 N–H and O–H groups in total. The lowest BCUT2D eigenvalue weighted by atomic mass is 10.1. The van der Waals surface area contributed by atoms with Crippen molar-refractivity contribution in [3.05, 3.63) is 29.8 Å². The highest BCUT2D eigenvalue weighted by Crippen LogP contribution is 2.08. The summed E-state index contributed by atoms with van der Waals surface area (Å²) >= 11 is 0. The molecular formula is C13H18N2O3. The molecule has 0 atom stereocenters. The van der Waals surface area contributed by atoms with E-state index < -0.39 is 17.4 Å². The summed E-state index contributed by atoms with van der Waals surface area (Å²) in [7, 11) is 0. The van der Waals surface area contributed by atoms with Gasteiger partial charge in [0.2, 0.25) is 0 Å². The maximum atomic E-state index is 11.6. The van der Waals surface area contributed by atoms with Gasteiger partial charge in [-0.1, -0.05) is 17.7 Å². The van der Waals surface area contributed by atoms with Crippen molar-refractivity contribution in [2.24, 2.45) is 0 Å². The minimum absolute atomic E-state index is 0.240. The Kier molecular flexibility index (Phi) is 4.44. The lowest BCUT2D eigenvalue weighted by Gasteiger charge is -2.22. The Morgan fingerprint density at radius 3 is 2.22 bits per heavy atom. The molecule has 98 valence electrons. The molecule has 0 aliphatic carbocycles. The van der Waals surface area contributed by atoms with Crippen LogP contribution in [0.5, 0.6) is 0 Å². The smallest absolute Gasteiger partial charge is 0.313 e. The van der Waals surface area contributed by atoms with E-state index in [1.54, 1.807) is 26.0 Å². The Morgan fingerprint density at radius 1 is 1.17 bits per heavy atom. The largest absolute Gasteiger partial charge is 0.394 e. The van der Waals surface area contributed by atoms with Gasteiger partial charge in [0.05, 0.1) is 12.1 Å². The lowest BCUT2D eigenvalue weighted by molar-refractivity contribution is -0.137. The summed E-state index contributed by atoms with van der Waals surface area (Å²) in [5, 5.41) is 13.9. The van der Waals surface area contributed by atoms with E-state index in [4.69, 9.17) is 5.11 Å². The van der Waals surface area contributed by atoms with Crippen LogP contribution in [0.2, 0.25) is 0 Å². The molecule has 0 spiro atoms. The number of nitrogens with one attached hydrogen (secondary N) is 2. The molecule has 0 saturated carbocycles. The van der Waals surface area contributed by atoms with E-state index in [0.29, 0.717) is 5.69 Å². The summed E-state index contributed by atoms with van der Waals surface area (Å²) in [5.41, 5.74) is 0.809. The van der Waals surface area contributed by atoms with E-state index in [1.165, 1.54) is 0 Å². The third-order valence-electron chi connectivity index (χ3n) is 2.36. The molecule has 5 nitrogen and oxygen atoms in total. The minimum Gasteiger partial charge on any atom is -0.394 e. The van der Waals surface area contributed by atoms with Gasteiger partial charge in [0.15, 0.2) is 0 Å². The van der Waals surface area contributed by atoms with Crippen molar-refractivity contribution in [3.63, 3.8) is 0 Å². The van der Waals surface area contributed by atoms with E-state index in [2.05, 4.69) is 10.6 Å². The molecule has 0 radical (unpaired) electrons. The van der Waals surface area contributed by atoms with Crippen LogP contribution in [-0.2, 0) is 9.59 Å². The van der Waals surface area contributed by atoms with Gasteiger partial charge in [-0.3, -0.25) is 9.59 Å². The van der Waals surface area contributed by atoms with Gasteiger partial charge in [0, 0.05) is 5.69 Å². The van der Waals surface area contributed by atoms with Crippen molar-refractivity contribution in [2.45, 2.75) is 26.3 Å². The van der Waals surface area contributed by atoms with E-state index >= 15 is 0 Å². The SMILES string of the molecule is Cc1ccc(NC(=O)C(=O)NC(C)(C)CO)cc1. The van der Waals surface area contributed by atoms with Crippen molar-refractivity contribution in [3.8, 4) is 0 Å². The molecule has 0 heterocycles. The predicted octanol–water partition coefficient (Wildman–Crippen LogP) is 0.821. The Morgan fingerprint density at radius 2 is 1.72 bits per heavy atom. The number of anilines is 1. The van der Waals surface area contributed by atoms with Crippen molar-refractivity contribution < 1.29 is 14.7 Å². The number of aliphatic hydroxyl groups is 1. The van der Waals surface area contributed by atoms with Gasteiger partial charge in [0.25, 0.3) is 0 Å². The molecule has 0 unspecified atom stereocenters. The number of aryl methyl sites for hydroxylation is 1. The van der Waals surface area contributed by atoms with Gasteiger partial charge in [-0.05, 0) is 32.9 Å². The average molecular weight is 250 g/mol. The van der Waals surface area contributed by atoms with Crippen LogP contribution in [0.4, 0.5) is 5.69 Å². The maximum absolute atomic E-state index is 11.6. The van der Waals surface area contributed by atoms with Crippen LogP contribution in [0.15, 0.2) is 24.3 Å². The fourth-order valence-electron chi connectivity index (χ4n) is 1.23. The second kappa shape index (κ2) is 5.64. The van der Waals surface area contributed by atoms with Crippen LogP contribution in [0, 0.1) is 6.92 Å². The van der Waals surface area contributed by atoms with Crippen molar-refractivity contribution >= 4 is 17.5 Å².